The summed E-state index contributed by atoms with van der Waals surface area (Å²) in [7, 11) is 0. The van der Waals surface area contributed by atoms with Gasteiger partial charge in [0, 0.05) is 29.6 Å². The number of carbonyl (C=O) groups excluding carboxylic acids is 1. The minimum absolute atomic E-state index is 0.157. The number of aliphatic hydroxyl groups is 2. The van der Waals surface area contributed by atoms with Gasteiger partial charge in [-0.2, -0.15) is 0 Å². The molecule has 0 aromatic heterocycles. The van der Waals surface area contributed by atoms with E-state index in [0.29, 0.717) is 54.5 Å². The number of ether oxygens (including phenoxy) is 4. The van der Waals surface area contributed by atoms with Gasteiger partial charge in [-0.15, -0.1) is 0 Å². The second kappa shape index (κ2) is 7.91. The summed E-state index contributed by atoms with van der Waals surface area (Å²) in [6.45, 7) is 2.49. The lowest BCUT2D eigenvalue weighted by molar-refractivity contribution is 0.0535. The molecule has 3 heterocycles. The Labute approximate surface area is 189 Å². The molecule has 3 aliphatic rings. The van der Waals surface area contributed by atoms with E-state index in [4.69, 9.17) is 18.9 Å². The van der Waals surface area contributed by atoms with Crippen LogP contribution in [0.4, 0.5) is 5.69 Å². The zero-order chi connectivity index (χ0) is 22.5. The topological polar surface area (TPSA) is 97.7 Å². The van der Waals surface area contributed by atoms with Crippen molar-refractivity contribution in [1.82, 2.24) is 0 Å². The van der Waals surface area contributed by atoms with Crippen LogP contribution in [0, 0.1) is 0 Å². The maximum atomic E-state index is 13.0. The van der Waals surface area contributed by atoms with Gasteiger partial charge >= 0.3 is 5.97 Å². The fraction of sp³-hybridized carbons (Fsp3) is 0.320. The molecule has 3 aromatic rings. The third-order valence-corrected chi connectivity index (χ3v) is 6.58. The van der Waals surface area contributed by atoms with Crippen LogP contribution in [-0.2, 0) is 29.3 Å². The van der Waals surface area contributed by atoms with Gasteiger partial charge in [0.15, 0.2) is 11.5 Å². The smallest absolute Gasteiger partial charge is 0.339 e. The first-order valence-electron chi connectivity index (χ1n) is 11.0. The number of nitrogens with zero attached hydrogens (tertiary/aromatic N) is 1. The maximum Gasteiger partial charge on any atom is 0.339 e. The summed E-state index contributed by atoms with van der Waals surface area (Å²) in [6, 6.07) is 9.40. The van der Waals surface area contributed by atoms with Crippen LogP contribution in [0.5, 0.6) is 11.5 Å². The summed E-state index contributed by atoms with van der Waals surface area (Å²) >= 11 is 0. The number of carbonyl (C=O) groups is 1. The molecule has 8 nitrogen and oxygen atoms in total. The molecule has 1 saturated heterocycles. The van der Waals surface area contributed by atoms with E-state index in [1.54, 1.807) is 0 Å². The predicted octanol–water partition coefficient (Wildman–Crippen LogP) is 2.73. The Morgan fingerprint density at radius 2 is 1.58 bits per heavy atom. The summed E-state index contributed by atoms with van der Waals surface area (Å²) in [4.78, 5) is 15.3. The highest BCUT2D eigenvalue weighted by atomic mass is 16.7. The third-order valence-electron chi connectivity index (χ3n) is 6.58. The van der Waals surface area contributed by atoms with E-state index >= 15 is 0 Å². The zero-order valence-electron chi connectivity index (χ0n) is 17.9. The minimum Gasteiger partial charge on any atom is -0.457 e. The second-order valence-corrected chi connectivity index (χ2v) is 8.30. The Balaban J connectivity index is 1.71. The van der Waals surface area contributed by atoms with Gasteiger partial charge in [-0.05, 0) is 46.3 Å². The van der Waals surface area contributed by atoms with Gasteiger partial charge in [-0.3, -0.25) is 0 Å². The SMILES string of the molecule is O=C1OCc2c1c(-c1ccc3c(c1)OCO3)c1cc(CO)c(CO)cc1c2N1CCOCC1. The van der Waals surface area contributed by atoms with Gasteiger partial charge in [0.25, 0.3) is 0 Å². The van der Waals surface area contributed by atoms with Crippen LogP contribution in [0.25, 0.3) is 21.9 Å². The number of anilines is 1. The molecular formula is C25H23NO7. The van der Waals surface area contributed by atoms with Gasteiger partial charge in [0.05, 0.1) is 37.7 Å². The van der Waals surface area contributed by atoms with Crippen molar-refractivity contribution in [2.75, 3.05) is 38.0 Å². The molecule has 0 bridgehead atoms. The number of cyclic esters (lactones) is 1. The molecule has 0 atom stereocenters. The van der Waals surface area contributed by atoms with E-state index in [1.807, 2.05) is 30.3 Å². The fourth-order valence-corrected chi connectivity index (χ4v) is 5.03. The highest BCUT2D eigenvalue weighted by Gasteiger charge is 2.34. The van der Waals surface area contributed by atoms with Crippen molar-refractivity contribution in [2.45, 2.75) is 19.8 Å². The molecule has 0 saturated carbocycles. The monoisotopic (exact) mass is 449 g/mol. The molecule has 0 radical (unpaired) electrons. The standard InChI is InChI=1S/C25H23NO7/c27-10-15-7-17-18(8-16(15)11-28)24(26-3-5-30-6-4-26)19-12-31-25(29)23(19)22(17)14-1-2-20-21(9-14)33-13-32-20/h1-2,7-9,27-28H,3-6,10-13H2. The molecule has 170 valence electrons. The average Bonchev–Trinajstić information content (AvgIpc) is 3.48. The zero-order valence-corrected chi connectivity index (χ0v) is 17.9. The number of benzene rings is 3. The van der Waals surface area contributed by atoms with E-state index in [-0.39, 0.29) is 32.6 Å². The highest BCUT2D eigenvalue weighted by Crippen LogP contribution is 2.47. The average molecular weight is 449 g/mol. The Kier molecular flexibility index (Phi) is 4.86. The molecule has 3 aliphatic heterocycles. The van der Waals surface area contributed by atoms with E-state index in [0.717, 1.165) is 33.2 Å². The molecule has 33 heavy (non-hydrogen) atoms. The molecule has 8 heteroatoms. The van der Waals surface area contributed by atoms with Crippen LogP contribution in [0.2, 0.25) is 0 Å². The number of hydrogen-bond donors (Lipinski definition) is 2. The van der Waals surface area contributed by atoms with Crippen LogP contribution in [0.1, 0.15) is 27.0 Å². The lowest BCUT2D eigenvalue weighted by atomic mass is 9.86. The van der Waals surface area contributed by atoms with Crippen molar-refractivity contribution >= 4 is 22.4 Å². The van der Waals surface area contributed by atoms with Crippen LogP contribution in [0.3, 0.4) is 0 Å². The summed E-state index contributed by atoms with van der Waals surface area (Å²) in [5.74, 6) is 0.907. The first kappa shape index (κ1) is 20.3. The summed E-state index contributed by atoms with van der Waals surface area (Å²) in [5, 5.41) is 21.7. The molecular weight excluding hydrogens is 426 g/mol. The van der Waals surface area contributed by atoms with Crippen molar-refractivity contribution in [1.29, 1.82) is 0 Å². The highest BCUT2D eigenvalue weighted by molar-refractivity contribution is 6.16. The predicted molar refractivity (Wildman–Crippen MR) is 120 cm³/mol. The van der Waals surface area contributed by atoms with E-state index in [1.165, 1.54) is 0 Å². The number of aliphatic hydroxyl groups excluding tert-OH is 2. The summed E-state index contributed by atoms with van der Waals surface area (Å²) in [5.41, 5.74) is 5.10. The lowest BCUT2D eigenvalue weighted by Crippen LogP contribution is -2.37. The first-order chi connectivity index (χ1) is 16.2. The lowest BCUT2D eigenvalue weighted by Gasteiger charge is -2.32. The Hall–Kier alpha value is -3.33. The molecule has 0 unspecified atom stereocenters. The number of morpholine rings is 1. The minimum atomic E-state index is -0.370. The summed E-state index contributed by atoms with van der Waals surface area (Å²) < 4.78 is 22.1. The quantitative estimate of drug-likeness (QED) is 0.587. The number of hydrogen-bond acceptors (Lipinski definition) is 8. The molecule has 6 rings (SSSR count). The summed E-state index contributed by atoms with van der Waals surface area (Å²) in [6.07, 6.45) is 0. The first-order valence-corrected chi connectivity index (χ1v) is 11.0. The van der Waals surface area contributed by atoms with Crippen LogP contribution in [-0.4, -0.2) is 49.3 Å². The maximum absolute atomic E-state index is 13.0. The number of rotatable bonds is 4. The van der Waals surface area contributed by atoms with Crippen molar-refractivity contribution in [3.05, 3.63) is 52.6 Å². The van der Waals surface area contributed by atoms with Crippen molar-refractivity contribution in [3.63, 3.8) is 0 Å². The third kappa shape index (κ3) is 3.13. The molecule has 3 aromatic carbocycles. The number of esters is 1. The molecule has 0 amide bonds. The largest absolute Gasteiger partial charge is 0.457 e. The van der Waals surface area contributed by atoms with Crippen LogP contribution in [0.15, 0.2) is 30.3 Å². The Morgan fingerprint density at radius 1 is 0.848 bits per heavy atom. The fourth-order valence-electron chi connectivity index (χ4n) is 5.03. The molecule has 0 aliphatic carbocycles. The van der Waals surface area contributed by atoms with Gasteiger partial charge in [0.1, 0.15) is 6.61 Å². The van der Waals surface area contributed by atoms with E-state index in [2.05, 4.69) is 4.90 Å². The van der Waals surface area contributed by atoms with Crippen molar-refractivity contribution in [3.8, 4) is 22.6 Å². The van der Waals surface area contributed by atoms with Gasteiger partial charge in [-0.1, -0.05) is 6.07 Å². The molecule has 1 fully saturated rings. The van der Waals surface area contributed by atoms with Crippen molar-refractivity contribution < 1.29 is 34.0 Å². The normalized spacial score (nSPS) is 16.9. The second-order valence-electron chi connectivity index (χ2n) is 8.30. The Bertz CT molecular complexity index is 1280. The molecule has 2 N–H and O–H groups in total. The van der Waals surface area contributed by atoms with E-state index < -0.39 is 0 Å². The van der Waals surface area contributed by atoms with Crippen molar-refractivity contribution in [2.24, 2.45) is 0 Å². The van der Waals surface area contributed by atoms with Crippen LogP contribution < -0.4 is 14.4 Å². The van der Waals surface area contributed by atoms with Gasteiger partial charge < -0.3 is 34.1 Å². The van der Waals surface area contributed by atoms with E-state index in [9.17, 15) is 15.0 Å². The Morgan fingerprint density at radius 3 is 2.33 bits per heavy atom. The van der Waals surface area contributed by atoms with Gasteiger partial charge in [-0.25, -0.2) is 4.79 Å². The van der Waals surface area contributed by atoms with Gasteiger partial charge in [0.2, 0.25) is 6.79 Å². The van der Waals surface area contributed by atoms with Crippen LogP contribution >= 0.6 is 0 Å². The number of fused-ring (bicyclic) bond motifs is 3. The molecule has 0 spiro atoms.